The molecule has 1 amide bonds. The van der Waals surface area contributed by atoms with Crippen molar-refractivity contribution in [2.45, 2.75) is 49.3 Å². The molecule has 7 nitrogen and oxygen atoms in total. The van der Waals surface area contributed by atoms with Gasteiger partial charge in [0.05, 0.1) is 12.0 Å². The van der Waals surface area contributed by atoms with Crippen molar-refractivity contribution in [2.75, 3.05) is 33.3 Å². The fourth-order valence-electron chi connectivity index (χ4n) is 5.36. The molecule has 3 aromatic rings. The summed E-state index contributed by atoms with van der Waals surface area (Å²) in [4.78, 5) is 18.6. The van der Waals surface area contributed by atoms with E-state index in [1.807, 2.05) is 17.0 Å². The first-order chi connectivity index (χ1) is 17.0. The number of nitrogens with zero attached hydrogens (tertiary/aromatic N) is 2. The molecule has 0 bridgehead atoms. The number of carbonyl (C=O) groups excluding carboxylic acids is 1. The Morgan fingerprint density at radius 1 is 0.943 bits per heavy atom. The van der Waals surface area contributed by atoms with E-state index in [1.54, 1.807) is 35.7 Å². The van der Waals surface area contributed by atoms with Crippen molar-refractivity contribution in [1.29, 1.82) is 0 Å². The normalized spacial score (nSPS) is 18.5. The highest BCUT2D eigenvalue weighted by atomic mass is 32.2. The third-order valence-corrected chi connectivity index (χ3v) is 9.36. The average molecular weight is 496 g/mol. The Morgan fingerprint density at radius 2 is 1.63 bits per heavy atom. The first kappa shape index (κ1) is 23.9. The second kappa shape index (κ2) is 10.0. The third kappa shape index (κ3) is 4.82. The van der Waals surface area contributed by atoms with Gasteiger partial charge in [0.25, 0.3) is 5.91 Å². The predicted molar refractivity (Wildman–Crippen MR) is 136 cm³/mol. The molecule has 5 rings (SSSR count). The molecule has 0 spiro atoms. The van der Waals surface area contributed by atoms with E-state index in [9.17, 15) is 13.2 Å². The van der Waals surface area contributed by atoms with E-state index >= 15 is 0 Å². The third-order valence-electron chi connectivity index (χ3n) is 7.45. The lowest BCUT2D eigenvalue weighted by atomic mass is 9.89. The number of amides is 1. The smallest absolute Gasteiger partial charge is 0.253 e. The monoisotopic (exact) mass is 495 g/mol. The van der Waals surface area contributed by atoms with Gasteiger partial charge in [0.15, 0.2) is 0 Å². The molecule has 0 radical (unpaired) electrons. The summed E-state index contributed by atoms with van der Waals surface area (Å²) >= 11 is 0. The maximum atomic E-state index is 13.1. The van der Waals surface area contributed by atoms with Gasteiger partial charge in [-0.05, 0) is 79.6 Å². The number of ether oxygens (including phenoxy) is 1. The fourth-order valence-corrected chi connectivity index (χ4v) is 6.88. The molecule has 2 saturated heterocycles. The molecule has 0 unspecified atom stereocenters. The van der Waals surface area contributed by atoms with Gasteiger partial charge in [-0.15, -0.1) is 0 Å². The summed E-state index contributed by atoms with van der Waals surface area (Å²) < 4.78 is 33.0. The number of sulfonamides is 1. The molecule has 3 heterocycles. The number of likely N-dealkylation sites (tertiary alicyclic amines) is 1. The van der Waals surface area contributed by atoms with Crippen LogP contribution in [0.1, 0.15) is 60.4 Å². The molecule has 0 aliphatic carbocycles. The Morgan fingerprint density at radius 3 is 2.29 bits per heavy atom. The SMILES string of the molecule is COc1ccc2[nH]cc(C3CCN(C(=O)c4ccc(S(=O)(=O)N5CCCCCC5)cc4)CC3)c2c1. The second-order valence-electron chi connectivity index (χ2n) is 9.56. The topological polar surface area (TPSA) is 82.7 Å². The highest BCUT2D eigenvalue weighted by Crippen LogP contribution is 2.35. The highest BCUT2D eigenvalue weighted by molar-refractivity contribution is 7.89. The zero-order valence-corrected chi connectivity index (χ0v) is 21.0. The summed E-state index contributed by atoms with van der Waals surface area (Å²) in [7, 11) is -1.84. The predicted octanol–water partition coefficient (Wildman–Crippen LogP) is 4.76. The van der Waals surface area contributed by atoms with E-state index < -0.39 is 10.0 Å². The van der Waals surface area contributed by atoms with Gasteiger partial charge in [-0.2, -0.15) is 4.31 Å². The first-order valence-electron chi connectivity index (χ1n) is 12.5. The Balaban J connectivity index is 1.24. The van der Waals surface area contributed by atoms with Crippen molar-refractivity contribution >= 4 is 26.8 Å². The molecule has 186 valence electrons. The van der Waals surface area contributed by atoms with Gasteiger partial charge >= 0.3 is 0 Å². The zero-order chi connectivity index (χ0) is 24.4. The van der Waals surface area contributed by atoms with E-state index in [0.29, 0.717) is 37.7 Å². The second-order valence-corrected chi connectivity index (χ2v) is 11.5. The van der Waals surface area contributed by atoms with E-state index in [0.717, 1.165) is 49.8 Å². The molecule has 1 N–H and O–H groups in total. The van der Waals surface area contributed by atoms with Gasteiger partial charge in [0, 0.05) is 48.8 Å². The van der Waals surface area contributed by atoms with E-state index in [2.05, 4.69) is 17.2 Å². The van der Waals surface area contributed by atoms with E-state index in [1.165, 1.54) is 10.9 Å². The Hall–Kier alpha value is -2.84. The minimum absolute atomic E-state index is 0.0391. The van der Waals surface area contributed by atoms with Crippen LogP contribution in [0.15, 0.2) is 53.6 Å². The van der Waals surface area contributed by atoms with Crippen molar-refractivity contribution in [3.8, 4) is 5.75 Å². The number of fused-ring (bicyclic) bond motifs is 1. The van der Waals surface area contributed by atoms with Crippen LogP contribution in [0.2, 0.25) is 0 Å². The standard InChI is InChI=1S/C27H33N3O4S/c1-34-22-8-11-26-24(18-22)25(19-28-26)20-12-16-29(17-13-20)27(31)21-6-9-23(10-7-21)35(32,33)30-14-4-2-3-5-15-30/h6-11,18-20,28H,2-5,12-17H2,1H3. The number of hydrogen-bond acceptors (Lipinski definition) is 4. The fraction of sp³-hybridized carbons (Fsp3) is 0.444. The van der Waals surface area contributed by atoms with Crippen LogP contribution < -0.4 is 4.74 Å². The Bertz CT molecular complexity index is 1280. The summed E-state index contributed by atoms with van der Waals surface area (Å²) in [6.45, 7) is 2.49. The van der Waals surface area contributed by atoms with Crippen LogP contribution in [-0.2, 0) is 10.0 Å². The number of aromatic amines is 1. The van der Waals surface area contributed by atoms with Crippen molar-refractivity contribution in [3.05, 3.63) is 59.8 Å². The zero-order valence-electron chi connectivity index (χ0n) is 20.2. The number of hydrogen-bond donors (Lipinski definition) is 1. The molecule has 1 aromatic heterocycles. The van der Waals surface area contributed by atoms with Gasteiger partial charge in [-0.3, -0.25) is 4.79 Å². The lowest BCUT2D eigenvalue weighted by Gasteiger charge is -2.32. The Kier molecular flexibility index (Phi) is 6.84. The van der Waals surface area contributed by atoms with Gasteiger partial charge in [0.2, 0.25) is 10.0 Å². The van der Waals surface area contributed by atoms with Crippen molar-refractivity contribution in [1.82, 2.24) is 14.2 Å². The molecule has 35 heavy (non-hydrogen) atoms. The molecule has 2 fully saturated rings. The van der Waals surface area contributed by atoms with Crippen LogP contribution in [0.25, 0.3) is 10.9 Å². The minimum Gasteiger partial charge on any atom is -0.497 e. The first-order valence-corrected chi connectivity index (χ1v) is 14.0. The summed E-state index contributed by atoms with van der Waals surface area (Å²) in [5.74, 6) is 1.18. The van der Waals surface area contributed by atoms with Crippen molar-refractivity contribution < 1.29 is 17.9 Å². The lowest BCUT2D eigenvalue weighted by molar-refractivity contribution is 0.0713. The number of methoxy groups -OCH3 is 1. The van der Waals surface area contributed by atoms with Crippen LogP contribution in [0.5, 0.6) is 5.75 Å². The lowest BCUT2D eigenvalue weighted by Crippen LogP contribution is -2.38. The quantitative estimate of drug-likeness (QED) is 0.553. The van der Waals surface area contributed by atoms with Gasteiger partial charge in [0.1, 0.15) is 5.75 Å². The number of benzene rings is 2. The van der Waals surface area contributed by atoms with Crippen molar-refractivity contribution in [2.24, 2.45) is 0 Å². The summed E-state index contributed by atoms with van der Waals surface area (Å²) in [6, 6.07) is 12.5. The van der Waals surface area contributed by atoms with Gasteiger partial charge < -0.3 is 14.6 Å². The molecule has 2 aromatic carbocycles. The number of piperidine rings is 1. The van der Waals surface area contributed by atoms with Crippen LogP contribution in [0.4, 0.5) is 0 Å². The number of aromatic nitrogens is 1. The van der Waals surface area contributed by atoms with Crippen LogP contribution in [0.3, 0.4) is 0 Å². The van der Waals surface area contributed by atoms with Crippen LogP contribution >= 0.6 is 0 Å². The number of carbonyl (C=O) groups is 1. The molecule has 2 aliphatic rings. The number of rotatable bonds is 5. The maximum absolute atomic E-state index is 13.1. The molecular formula is C27H33N3O4S. The average Bonchev–Trinajstić information content (AvgIpc) is 3.11. The summed E-state index contributed by atoms with van der Waals surface area (Å²) in [5.41, 5.74) is 2.90. The molecular weight excluding hydrogens is 462 g/mol. The van der Waals surface area contributed by atoms with Crippen LogP contribution in [-0.4, -0.2) is 61.8 Å². The highest BCUT2D eigenvalue weighted by Gasteiger charge is 2.28. The molecule has 0 atom stereocenters. The summed E-state index contributed by atoms with van der Waals surface area (Å²) in [6.07, 6.45) is 7.80. The van der Waals surface area contributed by atoms with Crippen LogP contribution in [0, 0.1) is 0 Å². The van der Waals surface area contributed by atoms with Crippen molar-refractivity contribution in [3.63, 3.8) is 0 Å². The number of H-pyrrole nitrogens is 1. The van der Waals surface area contributed by atoms with E-state index in [4.69, 9.17) is 4.74 Å². The van der Waals surface area contributed by atoms with E-state index in [-0.39, 0.29) is 10.8 Å². The Labute approximate surface area is 207 Å². The molecule has 2 aliphatic heterocycles. The number of nitrogens with one attached hydrogen (secondary N) is 1. The molecule has 0 saturated carbocycles. The van der Waals surface area contributed by atoms with Gasteiger partial charge in [-0.1, -0.05) is 12.8 Å². The maximum Gasteiger partial charge on any atom is 0.253 e. The largest absolute Gasteiger partial charge is 0.497 e. The molecule has 8 heteroatoms. The van der Waals surface area contributed by atoms with Gasteiger partial charge in [-0.25, -0.2) is 8.42 Å². The minimum atomic E-state index is -3.51. The summed E-state index contributed by atoms with van der Waals surface area (Å²) in [5, 5.41) is 1.18.